The molecule has 0 bridgehead atoms. The number of halogens is 2. The van der Waals surface area contributed by atoms with Crippen LogP contribution in [0.3, 0.4) is 0 Å². The fourth-order valence-electron chi connectivity index (χ4n) is 2.99. The van der Waals surface area contributed by atoms with Crippen molar-refractivity contribution in [3.05, 3.63) is 45.4 Å². The lowest BCUT2D eigenvalue weighted by Gasteiger charge is -2.11. The van der Waals surface area contributed by atoms with Crippen LogP contribution >= 0.6 is 15.9 Å². The molecule has 1 aromatic heterocycles. The maximum absolute atomic E-state index is 13.4. The molecular weight excluding hydrogens is 443 g/mol. The zero-order chi connectivity index (χ0) is 19.7. The molecule has 146 valence electrons. The van der Waals surface area contributed by atoms with Gasteiger partial charge in [-0.3, -0.25) is 0 Å². The Morgan fingerprint density at radius 3 is 2.74 bits per heavy atom. The van der Waals surface area contributed by atoms with Gasteiger partial charge in [-0.15, -0.1) is 0 Å². The highest BCUT2D eigenvalue weighted by molar-refractivity contribution is 9.10. The van der Waals surface area contributed by atoms with Crippen molar-refractivity contribution in [3.63, 3.8) is 0 Å². The summed E-state index contributed by atoms with van der Waals surface area (Å²) in [6, 6.07) is 4.46. The van der Waals surface area contributed by atoms with Gasteiger partial charge >= 0.3 is 0 Å². The van der Waals surface area contributed by atoms with Gasteiger partial charge in [-0.25, -0.2) is 22.6 Å². The first kappa shape index (κ1) is 19.9. The fourth-order valence-corrected chi connectivity index (χ4v) is 4.52. The molecule has 1 heterocycles. The van der Waals surface area contributed by atoms with Crippen molar-refractivity contribution in [2.45, 2.75) is 43.3 Å². The third-order valence-electron chi connectivity index (χ3n) is 4.76. The summed E-state index contributed by atoms with van der Waals surface area (Å²) in [5.41, 5.74) is 1.68. The molecular formula is C16H18BrFN4O4S. The summed E-state index contributed by atoms with van der Waals surface area (Å²) >= 11 is 3.11. The monoisotopic (exact) mass is 460 g/mol. The van der Waals surface area contributed by atoms with Crippen molar-refractivity contribution >= 4 is 31.7 Å². The normalized spacial score (nSPS) is 16.5. The number of nitrogens with zero attached hydrogens (tertiary/aromatic N) is 3. The van der Waals surface area contributed by atoms with Gasteiger partial charge in [0.25, 0.3) is 0 Å². The van der Waals surface area contributed by atoms with Gasteiger partial charge in [0.15, 0.2) is 5.69 Å². The quantitative estimate of drug-likeness (QED) is 0.353. The zero-order valence-corrected chi connectivity index (χ0v) is 16.6. The number of hydrogen-bond acceptors (Lipinski definition) is 7. The third kappa shape index (κ3) is 4.36. The lowest BCUT2D eigenvalue weighted by Crippen LogP contribution is -2.30. The van der Waals surface area contributed by atoms with E-state index in [0.29, 0.717) is 53.5 Å². The largest absolute Gasteiger partial charge is 0.411 e. The van der Waals surface area contributed by atoms with Crippen LogP contribution in [-0.2, 0) is 22.9 Å². The van der Waals surface area contributed by atoms with Crippen LogP contribution in [0.2, 0.25) is 0 Å². The minimum absolute atomic E-state index is 0.192. The van der Waals surface area contributed by atoms with Gasteiger partial charge in [-0.05, 0) is 70.9 Å². The molecule has 11 heteroatoms. The highest BCUT2D eigenvalue weighted by Gasteiger charge is 2.52. The second-order valence-electron chi connectivity index (χ2n) is 6.61. The number of primary sulfonamides is 1. The Balaban J connectivity index is 1.68. The number of benzene rings is 1. The average molecular weight is 461 g/mol. The SMILES string of the molecule is NS(=O)(=O)C1(CCCc2nonc2/C(Cc2ccc(F)c(Br)c2)=N/O)CC1. The van der Waals surface area contributed by atoms with Gasteiger partial charge in [-0.2, -0.15) is 0 Å². The molecule has 0 amide bonds. The molecule has 27 heavy (non-hydrogen) atoms. The maximum atomic E-state index is 13.4. The van der Waals surface area contributed by atoms with Crippen molar-refractivity contribution in [2.24, 2.45) is 10.3 Å². The van der Waals surface area contributed by atoms with Crippen LogP contribution in [0.1, 0.15) is 42.6 Å². The van der Waals surface area contributed by atoms with E-state index < -0.39 is 20.6 Å². The number of oxime groups is 1. The van der Waals surface area contributed by atoms with E-state index in [1.54, 1.807) is 12.1 Å². The number of nitrogens with two attached hydrogens (primary N) is 1. The summed E-state index contributed by atoms with van der Waals surface area (Å²) in [7, 11) is -3.57. The van der Waals surface area contributed by atoms with Gasteiger partial charge < -0.3 is 5.21 Å². The lowest BCUT2D eigenvalue weighted by molar-refractivity contribution is 0.300. The number of aryl methyl sites for hydroxylation is 1. The Bertz CT molecular complexity index is 973. The summed E-state index contributed by atoms with van der Waals surface area (Å²) < 4.78 is 40.9. The van der Waals surface area contributed by atoms with Crippen LogP contribution in [0.15, 0.2) is 32.5 Å². The van der Waals surface area contributed by atoms with E-state index in [9.17, 15) is 18.0 Å². The number of sulfonamides is 1. The summed E-state index contributed by atoms with van der Waals surface area (Å²) in [5, 5.41) is 25.6. The maximum Gasteiger partial charge on any atom is 0.214 e. The molecule has 0 atom stereocenters. The summed E-state index contributed by atoms with van der Waals surface area (Å²) in [6.07, 6.45) is 2.68. The Kier molecular flexibility index (Phi) is 5.63. The molecule has 1 aliphatic rings. The van der Waals surface area contributed by atoms with Crippen molar-refractivity contribution in [2.75, 3.05) is 0 Å². The minimum atomic E-state index is -3.57. The highest BCUT2D eigenvalue weighted by Crippen LogP contribution is 2.46. The van der Waals surface area contributed by atoms with Gasteiger partial charge in [0.1, 0.15) is 17.2 Å². The molecule has 1 aliphatic carbocycles. The first-order chi connectivity index (χ1) is 12.8. The third-order valence-corrected chi connectivity index (χ3v) is 7.19. The molecule has 0 radical (unpaired) electrons. The molecule has 3 N–H and O–H groups in total. The number of rotatable bonds is 8. The van der Waals surface area contributed by atoms with Crippen LogP contribution in [0.4, 0.5) is 4.39 Å². The highest BCUT2D eigenvalue weighted by atomic mass is 79.9. The summed E-state index contributed by atoms with van der Waals surface area (Å²) in [6.45, 7) is 0. The van der Waals surface area contributed by atoms with E-state index in [1.165, 1.54) is 6.07 Å². The molecule has 3 rings (SSSR count). The van der Waals surface area contributed by atoms with Crippen molar-refractivity contribution in [1.29, 1.82) is 0 Å². The molecule has 2 aromatic rings. The Hall–Kier alpha value is -1.85. The van der Waals surface area contributed by atoms with Crippen LogP contribution in [0.5, 0.6) is 0 Å². The molecule has 0 saturated heterocycles. The van der Waals surface area contributed by atoms with Gasteiger partial charge in [0, 0.05) is 6.42 Å². The molecule has 1 aromatic carbocycles. The van der Waals surface area contributed by atoms with E-state index in [-0.39, 0.29) is 12.1 Å². The van der Waals surface area contributed by atoms with Gasteiger partial charge in [-0.1, -0.05) is 16.4 Å². The molecule has 8 nitrogen and oxygen atoms in total. The van der Waals surface area contributed by atoms with Crippen LogP contribution in [0.25, 0.3) is 0 Å². The standard InChI is InChI=1S/C16H18BrFN4O4S/c17-11-8-10(3-4-12(11)18)9-14(20-23)15-13(21-26-22-15)2-1-5-16(6-7-16)27(19,24)25/h3-4,8,23H,1-2,5-7,9H2,(H2,19,24,25)/b20-14+. The van der Waals surface area contributed by atoms with Crippen molar-refractivity contribution in [1.82, 2.24) is 10.3 Å². The molecule has 0 aliphatic heterocycles. The van der Waals surface area contributed by atoms with Crippen LogP contribution < -0.4 is 5.14 Å². The lowest BCUT2D eigenvalue weighted by atomic mass is 10.0. The molecule has 1 saturated carbocycles. The number of aromatic nitrogens is 2. The van der Waals surface area contributed by atoms with Crippen LogP contribution in [-0.4, -0.2) is 34.4 Å². The Labute approximate surface area is 163 Å². The van der Waals surface area contributed by atoms with Gasteiger partial charge in [0.2, 0.25) is 10.0 Å². The average Bonchev–Trinajstić information content (AvgIpc) is 3.27. The fraction of sp³-hybridized carbons (Fsp3) is 0.438. The Morgan fingerprint density at radius 1 is 1.41 bits per heavy atom. The first-order valence-electron chi connectivity index (χ1n) is 8.25. The second kappa shape index (κ2) is 7.64. The summed E-state index contributed by atoms with van der Waals surface area (Å²) in [5.74, 6) is -0.395. The predicted molar refractivity (Wildman–Crippen MR) is 98.4 cm³/mol. The van der Waals surface area contributed by atoms with Crippen molar-refractivity contribution < 1.29 is 22.6 Å². The predicted octanol–water partition coefficient (Wildman–Crippen LogP) is 2.54. The smallest absolute Gasteiger partial charge is 0.214 e. The van der Waals surface area contributed by atoms with Crippen molar-refractivity contribution in [3.8, 4) is 0 Å². The minimum Gasteiger partial charge on any atom is -0.411 e. The topological polar surface area (TPSA) is 132 Å². The van der Waals surface area contributed by atoms with E-state index >= 15 is 0 Å². The molecule has 1 fully saturated rings. The van der Waals surface area contributed by atoms with Gasteiger partial charge in [0.05, 0.1) is 9.22 Å². The van der Waals surface area contributed by atoms with E-state index in [1.807, 2.05) is 0 Å². The first-order valence-corrected chi connectivity index (χ1v) is 10.6. The Morgan fingerprint density at radius 2 is 2.15 bits per heavy atom. The second-order valence-corrected chi connectivity index (χ2v) is 9.42. The zero-order valence-electron chi connectivity index (χ0n) is 14.2. The van der Waals surface area contributed by atoms with Crippen LogP contribution in [0, 0.1) is 5.82 Å². The van der Waals surface area contributed by atoms with E-state index in [0.717, 1.165) is 0 Å². The molecule has 0 unspecified atom stereocenters. The van der Waals surface area contributed by atoms with E-state index in [2.05, 4.69) is 31.4 Å². The molecule has 0 spiro atoms. The number of hydrogen-bond donors (Lipinski definition) is 2. The van der Waals surface area contributed by atoms with E-state index in [4.69, 9.17) is 9.77 Å². The summed E-state index contributed by atoms with van der Waals surface area (Å²) in [4.78, 5) is 0.